The third-order valence-corrected chi connectivity index (χ3v) is 2.41. The Labute approximate surface area is 89.0 Å². The molecule has 2 heteroatoms. The molecule has 0 bridgehead atoms. The average Bonchev–Trinajstić information content (AvgIpc) is 2.29. The number of phenolic OH excluding ortho intramolecular Hbond substituents is 1. The molecule has 0 saturated heterocycles. The molecule has 0 aromatic heterocycles. The van der Waals surface area contributed by atoms with Crippen molar-refractivity contribution in [1.82, 2.24) is 0 Å². The normalized spacial score (nSPS) is 10.2. The summed E-state index contributed by atoms with van der Waals surface area (Å²) >= 11 is 0. The summed E-state index contributed by atoms with van der Waals surface area (Å²) in [7, 11) is 0. The minimum atomic E-state index is 0.282. The minimum Gasteiger partial charge on any atom is -0.507 e. The van der Waals surface area contributed by atoms with E-state index in [0.29, 0.717) is 6.54 Å². The lowest BCUT2D eigenvalue weighted by Crippen LogP contribution is -1.98. The Kier molecular flexibility index (Phi) is 2.70. The highest BCUT2D eigenvalue weighted by Crippen LogP contribution is 2.31. The SMILES string of the molecule is NCc1cccc(O)c1-c1ccccc1. The van der Waals surface area contributed by atoms with E-state index < -0.39 is 0 Å². The molecular formula is C13H13NO. The number of aromatic hydroxyl groups is 1. The van der Waals surface area contributed by atoms with Crippen LogP contribution in [0.1, 0.15) is 5.56 Å². The summed E-state index contributed by atoms with van der Waals surface area (Å²) in [6.07, 6.45) is 0. The Morgan fingerprint density at radius 1 is 0.933 bits per heavy atom. The standard InChI is InChI=1S/C13H13NO/c14-9-11-7-4-8-12(15)13(11)10-5-2-1-3-6-10/h1-8,15H,9,14H2. The van der Waals surface area contributed by atoms with Gasteiger partial charge in [0.1, 0.15) is 5.75 Å². The fourth-order valence-corrected chi connectivity index (χ4v) is 1.69. The van der Waals surface area contributed by atoms with Crippen LogP contribution in [0.25, 0.3) is 11.1 Å². The van der Waals surface area contributed by atoms with Crippen molar-refractivity contribution in [1.29, 1.82) is 0 Å². The molecule has 0 fully saturated rings. The Morgan fingerprint density at radius 2 is 1.67 bits per heavy atom. The van der Waals surface area contributed by atoms with E-state index in [4.69, 9.17) is 5.73 Å². The largest absolute Gasteiger partial charge is 0.507 e. The molecule has 0 aliphatic carbocycles. The van der Waals surface area contributed by atoms with Crippen LogP contribution in [-0.2, 0) is 6.54 Å². The van der Waals surface area contributed by atoms with Gasteiger partial charge in [-0.2, -0.15) is 0 Å². The molecule has 2 aromatic carbocycles. The van der Waals surface area contributed by atoms with Crippen molar-refractivity contribution in [3.8, 4) is 16.9 Å². The third kappa shape index (κ3) is 1.85. The lowest BCUT2D eigenvalue weighted by atomic mass is 9.99. The highest BCUT2D eigenvalue weighted by atomic mass is 16.3. The van der Waals surface area contributed by atoms with E-state index in [1.807, 2.05) is 42.5 Å². The topological polar surface area (TPSA) is 46.2 Å². The summed E-state index contributed by atoms with van der Waals surface area (Å²) in [5, 5.41) is 9.82. The van der Waals surface area contributed by atoms with Gasteiger partial charge < -0.3 is 10.8 Å². The molecule has 0 aliphatic heterocycles. The first-order valence-corrected chi connectivity index (χ1v) is 4.89. The number of rotatable bonds is 2. The molecule has 0 aliphatic rings. The van der Waals surface area contributed by atoms with Crippen molar-refractivity contribution >= 4 is 0 Å². The van der Waals surface area contributed by atoms with Crippen LogP contribution in [0.5, 0.6) is 5.75 Å². The maximum absolute atomic E-state index is 9.82. The molecule has 15 heavy (non-hydrogen) atoms. The van der Waals surface area contributed by atoms with E-state index >= 15 is 0 Å². The van der Waals surface area contributed by atoms with Gasteiger partial charge in [0.05, 0.1) is 0 Å². The van der Waals surface area contributed by atoms with Gasteiger partial charge in [-0.25, -0.2) is 0 Å². The predicted molar refractivity (Wildman–Crippen MR) is 61.4 cm³/mol. The van der Waals surface area contributed by atoms with E-state index in [1.54, 1.807) is 6.07 Å². The zero-order chi connectivity index (χ0) is 10.7. The monoisotopic (exact) mass is 199 g/mol. The molecule has 2 rings (SSSR count). The maximum Gasteiger partial charge on any atom is 0.123 e. The van der Waals surface area contributed by atoms with Gasteiger partial charge in [0.2, 0.25) is 0 Å². The quantitative estimate of drug-likeness (QED) is 0.780. The maximum atomic E-state index is 9.82. The summed E-state index contributed by atoms with van der Waals surface area (Å²) in [6, 6.07) is 15.2. The molecule has 2 nitrogen and oxygen atoms in total. The zero-order valence-corrected chi connectivity index (χ0v) is 8.35. The molecule has 2 aromatic rings. The molecule has 0 radical (unpaired) electrons. The number of benzene rings is 2. The van der Waals surface area contributed by atoms with E-state index in [0.717, 1.165) is 16.7 Å². The molecular weight excluding hydrogens is 186 g/mol. The van der Waals surface area contributed by atoms with Crippen LogP contribution < -0.4 is 5.73 Å². The zero-order valence-electron chi connectivity index (χ0n) is 8.35. The lowest BCUT2D eigenvalue weighted by molar-refractivity contribution is 0.476. The van der Waals surface area contributed by atoms with Crippen LogP contribution >= 0.6 is 0 Å². The van der Waals surface area contributed by atoms with Gasteiger partial charge in [0.25, 0.3) is 0 Å². The van der Waals surface area contributed by atoms with Gasteiger partial charge in [0.15, 0.2) is 0 Å². The van der Waals surface area contributed by atoms with Crippen molar-refractivity contribution in [2.75, 3.05) is 0 Å². The Morgan fingerprint density at radius 3 is 2.33 bits per heavy atom. The van der Waals surface area contributed by atoms with E-state index in [1.165, 1.54) is 0 Å². The van der Waals surface area contributed by atoms with E-state index in [2.05, 4.69) is 0 Å². The average molecular weight is 199 g/mol. The molecule has 3 N–H and O–H groups in total. The van der Waals surface area contributed by atoms with Gasteiger partial charge in [-0.05, 0) is 17.2 Å². The fourth-order valence-electron chi connectivity index (χ4n) is 1.69. The minimum absolute atomic E-state index is 0.282. The van der Waals surface area contributed by atoms with Gasteiger partial charge in [-0.15, -0.1) is 0 Å². The van der Waals surface area contributed by atoms with Crippen molar-refractivity contribution in [3.05, 3.63) is 54.1 Å². The van der Waals surface area contributed by atoms with Crippen molar-refractivity contribution in [2.24, 2.45) is 5.73 Å². The number of hydrogen-bond acceptors (Lipinski definition) is 2. The van der Waals surface area contributed by atoms with E-state index in [9.17, 15) is 5.11 Å². The number of phenols is 1. The molecule has 0 saturated carbocycles. The number of nitrogens with two attached hydrogens (primary N) is 1. The van der Waals surface area contributed by atoms with Crippen molar-refractivity contribution in [3.63, 3.8) is 0 Å². The second-order valence-electron chi connectivity index (χ2n) is 3.38. The van der Waals surface area contributed by atoms with Crippen LogP contribution in [0.3, 0.4) is 0 Å². The first kappa shape index (κ1) is 9.74. The second kappa shape index (κ2) is 4.15. The summed E-state index contributed by atoms with van der Waals surface area (Å²) in [5.41, 5.74) is 8.44. The highest BCUT2D eigenvalue weighted by Gasteiger charge is 2.07. The van der Waals surface area contributed by atoms with Gasteiger partial charge in [0, 0.05) is 12.1 Å². The van der Waals surface area contributed by atoms with E-state index in [-0.39, 0.29) is 5.75 Å². The summed E-state index contributed by atoms with van der Waals surface area (Å²) in [6.45, 7) is 0.429. The lowest BCUT2D eigenvalue weighted by Gasteiger charge is -2.09. The molecule has 76 valence electrons. The van der Waals surface area contributed by atoms with Crippen LogP contribution in [-0.4, -0.2) is 5.11 Å². The fraction of sp³-hybridized carbons (Fsp3) is 0.0769. The van der Waals surface area contributed by atoms with Gasteiger partial charge in [-0.3, -0.25) is 0 Å². The Bertz CT molecular complexity index is 451. The van der Waals surface area contributed by atoms with Crippen LogP contribution in [0.4, 0.5) is 0 Å². The molecule has 0 heterocycles. The smallest absolute Gasteiger partial charge is 0.123 e. The summed E-state index contributed by atoms with van der Waals surface area (Å²) in [4.78, 5) is 0. The Balaban J connectivity index is 2.61. The molecule has 0 amide bonds. The first-order chi connectivity index (χ1) is 7.33. The van der Waals surface area contributed by atoms with Crippen LogP contribution in [0.15, 0.2) is 48.5 Å². The molecule has 0 spiro atoms. The summed E-state index contributed by atoms with van der Waals surface area (Å²) < 4.78 is 0. The van der Waals surface area contributed by atoms with Crippen molar-refractivity contribution < 1.29 is 5.11 Å². The summed E-state index contributed by atoms with van der Waals surface area (Å²) in [5.74, 6) is 0.282. The predicted octanol–water partition coefficient (Wildman–Crippen LogP) is 2.52. The van der Waals surface area contributed by atoms with Crippen LogP contribution in [0.2, 0.25) is 0 Å². The van der Waals surface area contributed by atoms with Gasteiger partial charge >= 0.3 is 0 Å². The van der Waals surface area contributed by atoms with Crippen molar-refractivity contribution in [2.45, 2.75) is 6.54 Å². The molecule has 0 atom stereocenters. The Hall–Kier alpha value is -1.80. The second-order valence-corrected chi connectivity index (χ2v) is 3.38. The third-order valence-electron chi connectivity index (χ3n) is 2.41. The van der Waals surface area contributed by atoms with Gasteiger partial charge in [-0.1, -0.05) is 42.5 Å². The first-order valence-electron chi connectivity index (χ1n) is 4.89. The molecule has 0 unspecified atom stereocenters. The number of hydrogen-bond donors (Lipinski definition) is 2. The highest BCUT2D eigenvalue weighted by molar-refractivity contribution is 5.73. The van der Waals surface area contributed by atoms with Crippen LogP contribution in [0, 0.1) is 0 Å².